The van der Waals surface area contributed by atoms with Crippen molar-refractivity contribution in [3.8, 4) is 11.1 Å². The Hall–Kier alpha value is -2.99. The van der Waals surface area contributed by atoms with Crippen molar-refractivity contribution < 1.29 is 23.5 Å². The number of nitrogens with two attached hydrogens (primary N) is 1. The number of aromatic nitrogens is 3. The van der Waals surface area contributed by atoms with Gasteiger partial charge < -0.3 is 25.8 Å². The van der Waals surface area contributed by atoms with Crippen LogP contribution in [-0.2, 0) is 21.0 Å². The molecule has 4 N–H and O–H groups in total. The van der Waals surface area contributed by atoms with Gasteiger partial charge in [0.25, 0.3) is 0 Å². The molecule has 2 heterocycles. The quantitative estimate of drug-likeness (QED) is 0.219. The number of anilines is 2. The molecule has 0 aromatic carbocycles. The van der Waals surface area contributed by atoms with Gasteiger partial charge in [0.1, 0.15) is 24.2 Å². The molecule has 0 radical (unpaired) electrons. The van der Waals surface area contributed by atoms with E-state index in [9.17, 15) is 9.59 Å². The topological polar surface area (TPSA) is 133 Å². The summed E-state index contributed by atoms with van der Waals surface area (Å²) in [5.41, 5.74) is 7.88. The smallest absolute Gasteiger partial charge is 0.408 e. The number of carbonyl (C=O) groups excluding carboxylic acids is 2. The predicted octanol–water partition coefficient (Wildman–Crippen LogP) is 5.79. The number of alkyl carbamates (subject to hydrolysis) is 1. The molecule has 2 atom stereocenters. The summed E-state index contributed by atoms with van der Waals surface area (Å²) in [5, 5.41) is 10.1. The number of hydrogen-bond acceptors (Lipinski definition) is 7. The van der Waals surface area contributed by atoms with Crippen LogP contribution >= 0.6 is 0 Å². The third-order valence-corrected chi connectivity index (χ3v) is 10.8. The maximum absolute atomic E-state index is 15.6. The lowest BCUT2D eigenvalue weighted by atomic mass is 9.89. The molecule has 0 bridgehead atoms. The molecule has 2 aromatic rings. The summed E-state index contributed by atoms with van der Waals surface area (Å²) in [6, 6.07) is 0.622. The number of amides is 2. The summed E-state index contributed by atoms with van der Waals surface area (Å²) < 4.78 is 28.9. The Morgan fingerprint density at radius 1 is 1.14 bits per heavy atom. The molecule has 0 spiro atoms. The van der Waals surface area contributed by atoms with E-state index in [2.05, 4.69) is 47.3 Å². The molecular formula is C30H47FN6O4Si. The summed E-state index contributed by atoms with van der Waals surface area (Å²) >= 11 is 0. The van der Waals surface area contributed by atoms with Crippen LogP contribution in [0.1, 0.15) is 64.8 Å². The first-order chi connectivity index (χ1) is 19.5. The Kier molecular flexibility index (Phi) is 9.08. The highest BCUT2D eigenvalue weighted by atomic mass is 28.3. The van der Waals surface area contributed by atoms with Gasteiger partial charge in [0.2, 0.25) is 11.9 Å². The van der Waals surface area contributed by atoms with Crippen LogP contribution in [0.15, 0.2) is 6.07 Å². The standard InChI is InChI=1S/C30H47FN6O4Si/c1-16-23(17(2)37(36-16)15-40-18(3)42(7,8)9)25-21(32)14-22(33-27(25)31)34-28(38)26(35-29(39)41-30(4,5)6)24(19-10-11-19)20-12-13-20/h14,18-20,24,26H,10-13,15H2,1-9H3,(H,35,39)(H3,32,33,34,38)/t18-,26-/m0/s1. The van der Waals surface area contributed by atoms with Gasteiger partial charge in [0.15, 0.2) is 0 Å². The van der Waals surface area contributed by atoms with Crippen LogP contribution in [0, 0.1) is 37.5 Å². The lowest BCUT2D eigenvalue weighted by Gasteiger charge is -2.29. The number of aryl methyl sites for hydroxylation is 1. The van der Waals surface area contributed by atoms with Crippen molar-refractivity contribution in [2.45, 2.75) is 111 Å². The zero-order valence-corrected chi connectivity index (χ0v) is 27.4. The van der Waals surface area contributed by atoms with Crippen molar-refractivity contribution in [1.29, 1.82) is 0 Å². The van der Waals surface area contributed by atoms with Crippen LogP contribution in [0.3, 0.4) is 0 Å². The summed E-state index contributed by atoms with van der Waals surface area (Å²) in [4.78, 5) is 30.4. The van der Waals surface area contributed by atoms with Gasteiger partial charge in [-0.25, -0.2) is 14.5 Å². The number of halogens is 1. The lowest BCUT2D eigenvalue weighted by molar-refractivity contribution is -0.120. The van der Waals surface area contributed by atoms with Gasteiger partial charge >= 0.3 is 6.09 Å². The minimum Gasteiger partial charge on any atom is -0.444 e. The Bertz CT molecular complexity index is 1290. The normalized spacial score (nSPS) is 17.2. The van der Waals surface area contributed by atoms with Crippen molar-refractivity contribution in [1.82, 2.24) is 20.1 Å². The van der Waals surface area contributed by atoms with E-state index < -0.39 is 37.7 Å². The summed E-state index contributed by atoms with van der Waals surface area (Å²) in [5.74, 6) is -0.584. The molecule has 10 nitrogen and oxygen atoms in total. The molecule has 2 fully saturated rings. The van der Waals surface area contributed by atoms with E-state index in [1.54, 1.807) is 32.4 Å². The van der Waals surface area contributed by atoms with E-state index in [0.29, 0.717) is 28.8 Å². The SMILES string of the molecule is Cc1nn(CO[C@H](C)[Si](C)(C)C)c(C)c1-c1c(N)cc(NC(=O)[C@@H](NC(=O)OC(C)(C)C)C(C2CC2)C2CC2)nc1F. The van der Waals surface area contributed by atoms with Gasteiger partial charge in [0.05, 0.1) is 19.3 Å². The van der Waals surface area contributed by atoms with Crippen LogP contribution in [0.25, 0.3) is 11.1 Å². The molecule has 2 amide bonds. The summed E-state index contributed by atoms with van der Waals surface area (Å²) in [6.45, 7) is 18.0. The molecule has 42 heavy (non-hydrogen) atoms. The Labute approximate surface area is 249 Å². The average Bonchev–Trinajstić information content (AvgIpc) is 3.76. The lowest BCUT2D eigenvalue weighted by Crippen LogP contribution is -2.51. The van der Waals surface area contributed by atoms with Crippen LogP contribution in [0.5, 0.6) is 0 Å². The molecular weight excluding hydrogens is 555 g/mol. The molecule has 0 unspecified atom stereocenters. The van der Waals surface area contributed by atoms with Crippen LogP contribution < -0.4 is 16.4 Å². The Morgan fingerprint density at radius 2 is 1.74 bits per heavy atom. The van der Waals surface area contributed by atoms with E-state index in [1.807, 2.05) is 6.92 Å². The molecule has 12 heteroatoms. The van der Waals surface area contributed by atoms with Crippen molar-refractivity contribution >= 4 is 31.6 Å². The molecule has 2 aromatic heterocycles. The highest BCUT2D eigenvalue weighted by molar-refractivity contribution is 6.77. The number of rotatable bonds is 11. The number of nitrogens with one attached hydrogen (secondary N) is 2. The van der Waals surface area contributed by atoms with E-state index in [-0.39, 0.29) is 35.4 Å². The number of hydrogen-bond donors (Lipinski definition) is 3. The molecule has 2 aliphatic carbocycles. The largest absolute Gasteiger partial charge is 0.444 e. The van der Waals surface area contributed by atoms with Gasteiger partial charge in [-0.05, 0) is 85.0 Å². The maximum Gasteiger partial charge on any atom is 0.408 e. The molecule has 2 saturated carbocycles. The van der Waals surface area contributed by atoms with Crippen LogP contribution in [-0.4, -0.2) is 52.2 Å². The fraction of sp³-hybridized carbons (Fsp3) is 0.667. The highest BCUT2D eigenvalue weighted by Gasteiger charge is 2.48. The first kappa shape index (κ1) is 31.9. The van der Waals surface area contributed by atoms with Crippen molar-refractivity contribution in [2.75, 3.05) is 11.1 Å². The third-order valence-electron chi connectivity index (χ3n) is 8.23. The second-order valence-corrected chi connectivity index (χ2v) is 19.5. The minimum atomic E-state index is -1.50. The predicted molar refractivity (Wildman–Crippen MR) is 164 cm³/mol. The number of nitrogens with zero attached hydrogens (tertiary/aromatic N) is 3. The molecule has 0 aliphatic heterocycles. The van der Waals surface area contributed by atoms with Gasteiger partial charge in [-0.1, -0.05) is 19.6 Å². The van der Waals surface area contributed by atoms with Crippen LogP contribution in [0.4, 0.5) is 20.7 Å². The number of nitrogen functional groups attached to an aromatic ring is 1. The van der Waals surface area contributed by atoms with E-state index in [0.717, 1.165) is 25.7 Å². The fourth-order valence-corrected chi connectivity index (χ4v) is 5.90. The summed E-state index contributed by atoms with van der Waals surface area (Å²) in [7, 11) is -1.50. The molecule has 4 rings (SSSR count). The molecule has 2 aliphatic rings. The minimum absolute atomic E-state index is 0.0130. The van der Waals surface area contributed by atoms with E-state index in [1.165, 1.54) is 6.07 Å². The van der Waals surface area contributed by atoms with Crippen LogP contribution in [0.2, 0.25) is 19.6 Å². The van der Waals surface area contributed by atoms with Gasteiger partial charge in [-0.2, -0.15) is 9.49 Å². The third kappa shape index (κ3) is 7.69. The zero-order valence-electron chi connectivity index (χ0n) is 26.4. The summed E-state index contributed by atoms with van der Waals surface area (Å²) in [6.07, 6.45) is 3.41. The van der Waals surface area contributed by atoms with Gasteiger partial charge in [0, 0.05) is 28.7 Å². The zero-order chi connectivity index (χ0) is 31.1. The second kappa shape index (κ2) is 11.9. The maximum atomic E-state index is 15.6. The average molecular weight is 603 g/mol. The second-order valence-electron chi connectivity index (χ2n) is 14.0. The number of carbonyl (C=O) groups is 2. The molecule has 0 saturated heterocycles. The Morgan fingerprint density at radius 3 is 2.24 bits per heavy atom. The van der Waals surface area contributed by atoms with E-state index >= 15 is 4.39 Å². The first-order valence-electron chi connectivity index (χ1n) is 14.9. The fourth-order valence-electron chi connectivity index (χ4n) is 5.33. The Balaban J connectivity index is 1.56. The number of ether oxygens (including phenoxy) is 2. The van der Waals surface area contributed by atoms with Crippen molar-refractivity contribution in [3.63, 3.8) is 0 Å². The number of pyridine rings is 1. The first-order valence-corrected chi connectivity index (χ1v) is 18.5. The molecule has 232 valence electrons. The monoisotopic (exact) mass is 602 g/mol. The van der Waals surface area contributed by atoms with Gasteiger partial charge in [-0.3, -0.25) is 4.79 Å². The van der Waals surface area contributed by atoms with Crippen molar-refractivity contribution in [3.05, 3.63) is 23.4 Å². The van der Waals surface area contributed by atoms with Gasteiger partial charge in [-0.15, -0.1) is 0 Å². The van der Waals surface area contributed by atoms with Crippen molar-refractivity contribution in [2.24, 2.45) is 17.8 Å². The van der Waals surface area contributed by atoms with E-state index in [4.69, 9.17) is 15.2 Å². The highest BCUT2D eigenvalue weighted by Crippen LogP contribution is 2.51.